The molecule has 20 heavy (non-hydrogen) atoms. The summed E-state index contributed by atoms with van der Waals surface area (Å²) in [5, 5.41) is 16.8. The minimum absolute atomic E-state index is 0.0203. The van der Waals surface area contributed by atoms with E-state index < -0.39 is 0 Å². The summed E-state index contributed by atoms with van der Waals surface area (Å²) < 4.78 is 5.45. The van der Waals surface area contributed by atoms with Crippen molar-refractivity contribution in [2.24, 2.45) is 5.92 Å². The molecule has 0 aliphatic rings. The molecule has 7 heteroatoms. The van der Waals surface area contributed by atoms with Crippen molar-refractivity contribution in [1.29, 1.82) is 0 Å². The second-order valence-corrected chi connectivity index (χ2v) is 5.10. The third-order valence-electron chi connectivity index (χ3n) is 2.66. The van der Waals surface area contributed by atoms with Crippen molar-refractivity contribution in [3.8, 4) is 0 Å². The highest BCUT2D eigenvalue weighted by atomic mass is 16.4. The van der Waals surface area contributed by atoms with Crippen molar-refractivity contribution in [1.82, 2.24) is 20.8 Å². The largest absolute Gasteiger partial charge is 0.406 e. The Kier molecular flexibility index (Phi) is 7.00. The van der Waals surface area contributed by atoms with Crippen LogP contribution in [-0.2, 0) is 4.79 Å². The van der Waals surface area contributed by atoms with Crippen LogP contribution in [-0.4, -0.2) is 35.7 Å². The molecule has 7 nitrogen and oxygen atoms in total. The molecule has 0 saturated carbocycles. The van der Waals surface area contributed by atoms with E-state index in [2.05, 4.69) is 40.0 Å². The molecule has 1 aromatic rings. The van der Waals surface area contributed by atoms with Gasteiger partial charge >= 0.3 is 6.01 Å². The number of carbonyl (C=O) groups excluding carboxylic acids is 1. The van der Waals surface area contributed by atoms with Gasteiger partial charge in [0.2, 0.25) is 11.8 Å². The van der Waals surface area contributed by atoms with Crippen LogP contribution in [0.5, 0.6) is 0 Å². The number of hydrogen-bond donors (Lipinski definition) is 3. The van der Waals surface area contributed by atoms with Crippen LogP contribution in [0.1, 0.15) is 46.0 Å². The van der Waals surface area contributed by atoms with Crippen LogP contribution in [0.2, 0.25) is 0 Å². The van der Waals surface area contributed by atoms with E-state index in [4.69, 9.17) is 4.42 Å². The van der Waals surface area contributed by atoms with Gasteiger partial charge in [0, 0.05) is 19.5 Å². The molecule has 1 unspecified atom stereocenters. The van der Waals surface area contributed by atoms with Gasteiger partial charge in [0.25, 0.3) is 0 Å². The molecule has 0 saturated heterocycles. The molecule has 1 atom stereocenters. The van der Waals surface area contributed by atoms with Gasteiger partial charge in [-0.15, -0.1) is 5.10 Å². The number of carbonyl (C=O) groups is 1. The third-order valence-corrected chi connectivity index (χ3v) is 2.66. The Balaban J connectivity index is 2.27. The Morgan fingerprint density at radius 1 is 1.30 bits per heavy atom. The van der Waals surface area contributed by atoms with Crippen LogP contribution in [0.4, 0.5) is 6.01 Å². The van der Waals surface area contributed by atoms with E-state index in [0.717, 1.165) is 6.54 Å². The van der Waals surface area contributed by atoms with Crippen LogP contribution < -0.4 is 16.0 Å². The third kappa shape index (κ3) is 6.01. The van der Waals surface area contributed by atoms with Gasteiger partial charge in [0.1, 0.15) is 0 Å². The lowest BCUT2D eigenvalue weighted by atomic mass is 10.2. The Morgan fingerprint density at radius 2 is 2.05 bits per heavy atom. The van der Waals surface area contributed by atoms with Crippen LogP contribution >= 0.6 is 0 Å². The summed E-state index contributed by atoms with van der Waals surface area (Å²) in [4.78, 5) is 11.5. The average molecular weight is 283 g/mol. The predicted molar refractivity (Wildman–Crippen MR) is 77.3 cm³/mol. The van der Waals surface area contributed by atoms with E-state index in [1.54, 1.807) is 0 Å². The Bertz CT molecular complexity index is 405. The van der Waals surface area contributed by atoms with Crippen molar-refractivity contribution in [2.45, 2.75) is 40.2 Å². The first kappa shape index (κ1) is 16.4. The first-order valence-electron chi connectivity index (χ1n) is 7.10. The first-order valence-corrected chi connectivity index (χ1v) is 7.10. The zero-order valence-corrected chi connectivity index (χ0v) is 12.7. The van der Waals surface area contributed by atoms with E-state index in [-0.39, 0.29) is 11.9 Å². The summed E-state index contributed by atoms with van der Waals surface area (Å²) in [6, 6.07) is 0.374. The first-order chi connectivity index (χ1) is 9.52. The van der Waals surface area contributed by atoms with E-state index >= 15 is 0 Å². The lowest BCUT2D eigenvalue weighted by molar-refractivity contribution is -0.120. The second kappa shape index (κ2) is 8.52. The molecule has 1 rings (SSSR count). The molecule has 0 aliphatic heterocycles. The van der Waals surface area contributed by atoms with E-state index in [1.807, 2.05) is 13.8 Å². The summed E-state index contributed by atoms with van der Waals surface area (Å²) in [7, 11) is 0. The topological polar surface area (TPSA) is 92.1 Å². The number of nitrogens with one attached hydrogen (secondary N) is 3. The monoisotopic (exact) mass is 283 g/mol. The van der Waals surface area contributed by atoms with Crippen LogP contribution in [0.25, 0.3) is 0 Å². The van der Waals surface area contributed by atoms with Crippen molar-refractivity contribution in [3.05, 3.63) is 5.89 Å². The fourth-order valence-corrected chi connectivity index (χ4v) is 1.56. The summed E-state index contributed by atoms with van der Waals surface area (Å²) in [6.45, 7) is 10.1. The van der Waals surface area contributed by atoms with Gasteiger partial charge in [-0.3, -0.25) is 4.79 Å². The molecule has 0 radical (unpaired) electrons. The summed E-state index contributed by atoms with van der Waals surface area (Å²) in [5.74, 6) is 1.02. The fourth-order valence-electron chi connectivity index (χ4n) is 1.56. The van der Waals surface area contributed by atoms with Crippen molar-refractivity contribution < 1.29 is 9.21 Å². The fraction of sp³-hybridized carbons (Fsp3) is 0.769. The number of amides is 1. The van der Waals surface area contributed by atoms with E-state index in [9.17, 15) is 4.79 Å². The quantitative estimate of drug-likeness (QED) is 0.633. The van der Waals surface area contributed by atoms with Crippen molar-refractivity contribution in [3.63, 3.8) is 0 Å². The molecule has 0 aliphatic carbocycles. The van der Waals surface area contributed by atoms with Crippen LogP contribution in [0, 0.1) is 5.92 Å². The molecular formula is C13H25N5O2. The normalized spacial score (nSPS) is 12.4. The highest BCUT2D eigenvalue weighted by molar-refractivity contribution is 5.76. The highest BCUT2D eigenvalue weighted by Crippen LogP contribution is 2.13. The molecular weight excluding hydrogens is 258 g/mol. The van der Waals surface area contributed by atoms with Gasteiger partial charge in [-0.1, -0.05) is 25.9 Å². The SMILES string of the molecule is CCNC(C)c1nnc(NCCC(=O)NCC(C)C)o1. The van der Waals surface area contributed by atoms with Gasteiger partial charge < -0.3 is 20.4 Å². The number of aromatic nitrogens is 2. The summed E-state index contributed by atoms with van der Waals surface area (Å²) >= 11 is 0. The van der Waals surface area contributed by atoms with Gasteiger partial charge in [-0.2, -0.15) is 0 Å². The maximum absolute atomic E-state index is 11.5. The highest BCUT2D eigenvalue weighted by Gasteiger charge is 2.12. The maximum atomic E-state index is 11.5. The molecule has 3 N–H and O–H groups in total. The van der Waals surface area contributed by atoms with Crippen molar-refractivity contribution >= 4 is 11.9 Å². The Morgan fingerprint density at radius 3 is 2.70 bits per heavy atom. The molecule has 1 amide bonds. The average Bonchev–Trinajstić information content (AvgIpc) is 2.85. The van der Waals surface area contributed by atoms with E-state index in [1.165, 1.54) is 0 Å². The van der Waals surface area contributed by atoms with Gasteiger partial charge in [-0.05, 0) is 19.4 Å². The number of hydrogen-bond acceptors (Lipinski definition) is 6. The maximum Gasteiger partial charge on any atom is 0.315 e. The number of anilines is 1. The number of rotatable bonds is 9. The van der Waals surface area contributed by atoms with Crippen molar-refractivity contribution in [2.75, 3.05) is 25.0 Å². The Hall–Kier alpha value is -1.63. The minimum atomic E-state index is 0.0203. The van der Waals surface area contributed by atoms with Gasteiger partial charge in [0.15, 0.2) is 0 Å². The van der Waals surface area contributed by atoms with Crippen LogP contribution in [0.15, 0.2) is 4.42 Å². The molecule has 0 fully saturated rings. The molecule has 0 aromatic carbocycles. The molecule has 1 aromatic heterocycles. The minimum Gasteiger partial charge on any atom is -0.406 e. The van der Waals surface area contributed by atoms with Gasteiger partial charge in [0.05, 0.1) is 6.04 Å². The summed E-state index contributed by atoms with van der Waals surface area (Å²) in [5.41, 5.74) is 0. The molecule has 1 heterocycles. The lowest BCUT2D eigenvalue weighted by Gasteiger charge is -2.07. The molecule has 0 bridgehead atoms. The zero-order valence-electron chi connectivity index (χ0n) is 12.7. The standard InChI is InChI=1S/C13H25N5O2/c1-5-14-10(4)12-17-18-13(20-12)15-7-6-11(19)16-8-9(2)3/h9-10,14H,5-8H2,1-4H3,(H,15,18)(H,16,19). The second-order valence-electron chi connectivity index (χ2n) is 5.10. The van der Waals surface area contributed by atoms with Gasteiger partial charge in [-0.25, -0.2) is 0 Å². The predicted octanol–water partition coefficient (Wildman–Crippen LogP) is 1.31. The number of nitrogens with zero attached hydrogens (tertiary/aromatic N) is 2. The zero-order chi connectivity index (χ0) is 15.0. The molecule has 114 valence electrons. The lowest BCUT2D eigenvalue weighted by Crippen LogP contribution is -2.28. The van der Waals surface area contributed by atoms with E-state index in [0.29, 0.717) is 37.3 Å². The van der Waals surface area contributed by atoms with Crippen LogP contribution in [0.3, 0.4) is 0 Å². The summed E-state index contributed by atoms with van der Waals surface area (Å²) in [6.07, 6.45) is 0.382. The smallest absolute Gasteiger partial charge is 0.315 e. The Labute approximate surface area is 119 Å². The molecule has 0 spiro atoms.